The largest absolute Gasteiger partial charge is 0.383 e. The highest BCUT2D eigenvalue weighted by atomic mass is 16.5. The molecule has 8 heteroatoms. The third-order valence-electron chi connectivity index (χ3n) is 7.81. The van der Waals surface area contributed by atoms with E-state index in [1.54, 1.807) is 13.4 Å². The lowest BCUT2D eigenvalue weighted by Crippen LogP contribution is -2.47. The topological polar surface area (TPSA) is 83.1 Å². The summed E-state index contributed by atoms with van der Waals surface area (Å²) in [6.07, 6.45) is 8.03. The Bertz CT molecular complexity index is 1210. The van der Waals surface area contributed by atoms with Crippen LogP contribution in [0.3, 0.4) is 0 Å². The predicted octanol–water partition coefficient (Wildman–Crippen LogP) is 2.92. The number of nitriles is 1. The summed E-state index contributed by atoms with van der Waals surface area (Å²) in [6, 6.07) is 11.0. The molecule has 0 atom stereocenters. The highest BCUT2D eigenvalue weighted by molar-refractivity contribution is 5.81. The minimum absolute atomic E-state index is 0.348. The van der Waals surface area contributed by atoms with Crippen molar-refractivity contribution in [2.24, 2.45) is 5.41 Å². The zero-order valence-corrected chi connectivity index (χ0v) is 19.1. The molecule has 1 aliphatic heterocycles. The Morgan fingerprint density at radius 2 is 1.85 bits per heavy atom. The van der Waals surface area contributed by atoms with E-state index in [0.29, 0.717) is 5.41 Å². The molecule has 2 saturated carbocycles. The molecule has 8 nitrogen and oxygen atoms in total. The zero-order valence-electron chi connectivity index (χ0n) is 19.1. The van der Waals surface area contributed by atoms with Gasteiger partial charge >= 0.3 is 0 Å². The molecule has 2 aliphatic carbocycles. The van der Waals surface area contributed by atoms with E-state index in [1.807, 2.05) is 16.9 Å². The van der Waals surface area contributed by atoms with E-state index in [0.717, 1.165) is 80.3 Å². The molecule has 0 amide bonds. The molecular formula is C25H29N7O. The Morgan fingerprint density at radius 1 is 1.06 bits per heavy atom. The van der Waals surface area contributed by atoms with Crippen LogP contribution in [-0.4, -0.2) is 71.1 Å². The van der Waals surface area contributed by atoms with Gasteiger partial charge in [0.2, 0.25) is 0 Å². The molecule has 1 spiro atoms. The van der Waals surface area contributed by atoms with Crippen molar-refractivity contribution in [2.45, 2.75) is 31.1 Å². The quantitative estimate of drug-likeness (QED) is 0.579. The van der Waals surface area contributed by atoms with Gasteiger partial charge in [0.15, 0.2) is 5.82 Å². The number of nitrogens with zero attached hydrogens (tertiary/aromatic N) is 7. The summed E-state index contributed by atoms with van der Waals surface area (Å²) in [7, 11) is 1.75. The van der Waals surface area contributed by atoms with Gasteiger partial charge in [0.25, 0.3) is 0 Å². The fourth-order valence-corrected chi connectivity index (χ4v) is 5.65. The number of methoxy groups -OCH3 is 1. The molecule has 1 aromatic carbocycles. The van der Waals surface area contributed by atoms with Crippen molar-refractivity contribution in [3.05, 3.63) is 42.4 Å². The second kappa shape index (κ2) is 7.79. The smallest absolute Gasteiger partial charge is 0.159 e. The summed E-state index contributed by atoms with van der Waals surface area (Å²) < 4.78 is 7.09. The Morgan fingerprint density at radius 3 is 2.58 bits per heavy atom. The molecule has 3 fully saturated rings. The number of hydrogen-bond acceptors (Lipinski definition) is 7. The lowest BCUT2D eigenvalue weighted by atomic mass is 9.57. The molecule has 3 heterocycles. The molecule has 0 unspecified atom stereocenters. The molecule has 3 aliphatic rings. The molecule has 2 aromatic heterocycles. The minimum Gasteiger partial charge on any atom is -0.383 e. The predicted molar refractivity (Wildman–Crippen MR) is 125 cm³/mol. The Hall–Kier alpha value is -3.02. The molecule has 0 bridgehead atoms. The maximum absolute atomic E-state index is 10.00. The van der Waals surface area contributed by atoms with Crippen LogP contribution in [0.1, 0.15) is 31.2 Å². The Kier molecular flexibility index (Phi) is 4.86. The van der Waals surface area contributed by atoms with Gasteiger partial charge in [0.05, 0.1) is 29.8 Å². The minimum atomic E-state index is -0.348. The second-order valence-electron chi connectivity index (χ2n) is 9.93. The molecule has 33 heavy (non-hydrogen) atoms. The third kappa shape index (κ3) is 3.56. The van der Waals surface area contributed by atoms with Crippen LogP contribution >= 0.6 is 0 Å². The van der Waals surface area contributed by atoms with Crippen molar-refractivity contribution in [1.29, 1.82) is 5.26 Å². The van der Waals surface area contributed by atoms with E-state index in [1.165, 1.54) is 12.8 Å². The molecule has 0 radical (unpaired) electrons. The SMILES string of the molecule is COCCN1CCN(c2cc(-n3ncc4ccc(C5(C#N)CC6(CC6)C5)cc43)ncn2)CC1. The van der Waals surface area contributed by atoms with E-state index in [2.05, 4.69) is 49.1 Å². The first-order valence-electron chi connectivity index (χ1n) is 11.8. The number of rotatable bonds is 6. The first kappa shape index (κ1) is 20.6. The average molecular weight is 444 g/mol. The van der Waals surface area contributed by atoms with Crippen LogP contribution in [0.25, 0.3) is 16.7 Å². The third-order valence-corrected chi connectivity index (χ3v) is 7.81. The van der Waals surface area contributed by atoms with Crippen molar-refractivity contribution in [2.75, 3.05) is 51.3 Å². The van der Waals surface area contributed by atoms with Gasteiger partial charge in [0.1, 0.15) is 12.1 Å². The number of aromatic nitrogens is 4. The monoisotopic (exact) mass is 443 g/mol. The number of piperazine rings is 1. The van der Waals surface area contributed by atoms with Crippen LogP contribution in [0.2, 0.25) is 0 Å². The van der Waals surface area contributed by atoms with E-state index in [-0.39, 0.29) is 5.41 Å². The fourth-order valence-electron chi connectivity index (χ4n) is 5.65. The second-order valence-corrected chi connectivity index (χ2v) is 9.93. The van der Waals surface area contributed by atoms with Crippen LogP contribution in [0, 0.1) is 16.7 Å². The lowest BCUT2D eigenvalue weighted by molar-refractivity contribution is 0.144. The Balaban J connectivity index is 1.26. The molecule has 1 saturated heterocycles. The van der Waals surface area contributed by atoms with Gasteiger partial charge in [-0.1, -0.05) is 12.1 Å². The number of anilines is 1. The average Bonchev–Trinajstić information content (AvgIpc) is 3.52. The van der Waals surface area contributed by atoms with Crippen LogP contribution in [0.5, 0.6) is 0 Å². The number of ether oxygens (including phenoxy) is 1. The van der Waals surface area contributed by atoms with Crippen molar-refractivity contribution >= 4 is 16.7 Å². The maximum Gasteiger partial charge on any atom is 0.159 e. The summed E-state index contributed by atoms with van der Waals surface area (Å²) in [6.45, 7) is 5.57. The molecule has 170 valence electrons. The van der Waals surface area contributed by atoms with Crippen LogP contribution < -0.4 is 4.90 Å². The first-order chi connectivity index (χ1) is 16.1. The summed E-state index contributed by atoms with van der Waals surface area (Å²) in [5.41, 5.74) is 2.21. The van der Waals surface area contributed by atoms with Crippen molar-refractivity contribution < 1.29 is 4.74 Å². The normalized spacial score (nSPS) is 21.2. The van der Waals surface area contributed by atoms with Crippen LogP contribution in [-0.2, 0) is 10.2 Å². The summed E-state index contributed by atoms with van der Waals surface area (Å²) in [5.74, 6) is 1.68. The van der Waals surface area contributed by atoms with Gasteiger partial charge in [-0.05, 0) is 42.7 Å². The summed E-state index contributed by atoms with van der Waals surface area (Å²) in [4.78, 5) is 13.8. The fraction of sp³-hybridized carbons (Fsp3) is 0.520. The standard InChI is InChI=1S/C25H29N7O/c1-33-11-10-30-6-8-31(9-7-30)22-13-23(28-18-27-22)32-21-12-20(3-2-19(21)14-29-32)25(17-26)15-24(16-25)4-5-24/h2-3,12-14,18H,4-11,15-16H2,1H3. The summed E-state index contributed by atoms with van der Waals surface area (Å²) >= 11 is 0. The number of benzene rings is 1. The lowest BCUT2D eigenvalue weighted by Gasteiger charge is -2.44. The van der Waals surface area contributed by atoms with E-state index >= 15 is 0 Å². The number of fused-ring (bicyclic) bond motifs is 1. The van der Waals surface area contributed by atoms with Crippen LogP contribution in [0.4, 0.5) is 5.82 Å². The van der Waals surface area contributed by atoms with Gasteiger partial charge in [-0.25, -0.2) is 14.6 Å². The molecule has 0 N–H and O–H groups in total. The van der Waals surface area contributed by atoms with Gasteiger partial charge in [0, 0.05) is 51.3 Å². The highest BCUT2D eigenvalue weighted by Crippen LogP contribution is 2.68. The molecule has 3 aromatic rings. The van der Waals surface area contributed by atoms with Crippen molar-refractivity contribution in [3.8, 4) is 11.9 Å². The zero-order chi connectivity index (χ0) is 22.5. The van der Waals surface area contributed by atoms with E-state index in [4.69, 9.17) is 4.74 Å². The molecular weight excluding hydrogens is 414 g/mol. The molecule has 6 rings (SSSR count). The summed E-state index contributed by atoms with van der Waals surface area (Å²) in [5, 5.41) is 15.7. The highest BCUT2D eigenvalue weighted by Gasteiger charge is 2.61. The van der Waals surface area contributed by atoms with Crippen LogP contribution in [0.15, 0.2) is 36.8 Å². The van der Waals surface area contributed by atoms with Crippen molar-refractivity contribution in [3.63, 3.8) is 0 Å². The van der Waals surface area contributed by atoms with Gasteiger partial charge in [-0.3, -0.25) is 4.90 Å². The maximum atomic E-state index is 10.00. The first-order valence-corrected chi connectivity index (χ1v) is 11.8. The van der Waals surface area contributed by atoms with Crippen molar-refractivity contribution in [1.82, 2.24) is 24.6 Å². The van der Waals surface area contributed by atoms with E-state index in [9.17, 15) is 5.26 Å². The van der Waals surface area contributed by atoms with E-state index < -0.39 is 0 Å². The Labute approximate surface area is 193 Å². The van der Waals surface area contributed by atoms with Gasteiger partial charge < -0.3 is 9.64 Å². The van der Waals surface area contributed by atoms with Gasteiger partial charge in [-0.2, -0.15) is 10.4 Å². The number of hydrogen-bond donors (Lipinski definition) is 0. The van der Waals surface area contributed by atoms with Gasteiger partial charge in [-0.15, -0.1) is 0 Å².